The number of carbonyl (C=O) groups excluding carboxylic acids is 2. The summed E-state index contributed by atoms with van der Waals surface area (Å²) in [7, 11) is -8.08. The molecule has 0 saturated heterocycles. The first-order valence-corrected chi connectivity index (χ1v) is 14.6. The molecule has 4 N–H and O–H groups in total. The van der Waals surface area contributed by atoms with Gasteiger partial charge in [0.25, 0.3) is 20.0 Å². The molecule has 38 heavy (non-hydrogen) atoms. The van der Waals surface area contributed by atoms with Crippen LogP contribution in [0, 0.1) is 13.8 Å². The van der Waals surface area contributed by atoms with Gasteiger partial charge >= 0.3 is 12.1 Å². The second-order valence-corrected chi connectivity index (χ2v) is 12.3. The van der Waals surface area contributed by atoms with Gasteiger partial charge in [-0.2, -0.15) is 0 Å². The van der Waals surface area contributed by atoms with Gasteiger partial charge in [-0.3, -0.25) is 0 Å². The molecule has 2 unspecified atom stereocenters. The van der Waals surface area contributed by atoms with Crippen LogP contribution in [-0.4, -0.2) is 28.9 Å². The third-order valence-corrected chi connectivity index (χ3v) is 8.42. The Morgan fingerprint density at radius 1 is 0.605 bits per heavy atom. The van der Waals surface area contributed by atoms with Gasteiger partial charge in [-0.25, -0.2) is 35.9 Å². The molecule has 2 atom stereocenters. The monoisotopic (exact) mass is 558 g/mol. The highest BCUT2D eigenvalue weighted by molar-refractivity contribution is 7.90. The Morgan fingerprint density at radius 3 is 1.29 bits per heavy atom. The van der Waals surface area contributed by atoms with E-state index in [0.29, 0.717) is 11.1 Å². The molecular formula is C26H30N4O6S2. The topological polar surface area (TPSA) is 151 Å². The van der Waals surface area contributed by atoms with Crippen molar-refractivity contribution in [1.82, 2.24) is 20.1 Å². The summed E-state index contributed by atoms with van der Waals surface area (Å²) >= 11 is 0. The molecule has 4 amide bonds. The fraction of sp³-hybridized carbons (Fsp3) is 0.231. The molecule has 0 saturated carbocycles. The largest absolute Gasteiger partial charge is 0.331 e. The smallest absolute Gasteiger partial charge is 0.329 e. The summed E-state index contributed by atoms with van der Waals surface area (Å²) in [6.45, 7) is 7.00. The molecule has 3 aromatic carbocycles. The predicted octanol–water partition coefficient (Wildman–Crippen LogP) is 3.80. The summed E-state index contributed by atoms with van der Waals surface area (Å²) in [4.78, 5) is 24.7. The van der Waals surface area contributed by atoms with E-state index in [0.717, 1.165) is 11.1 Å². The zero-order chi connectivity index (χ0) is 28.1. The van der Waals surface area contributed by atoms with Gasteiger partial charge in [0.15, 0.2) is 0 Å². The normalized spacial score (nSPS) is 13.2. The minimum Gasteiger partial charge on any atom is -0.331 e. The van der Waals surface area contributed by atoms with Crippen LogP contribution >= 0.6 is 0 Å². The van der Waals surface area contributed by atoms with Gasteiger partial charge in [0.1, 0.15) is 0 Å². The molecule has 3 aromatic rings. The maximum atomic E-state index is 12.5. The summed E-state index contributed by atoms with van der Waals surface area (Å²) in [5.41, 5.74) is 3.06. The van der Waals surface area contributed by atoms with E-state index < -0.39 is 44.2 Å². The van der Waals surface area contributed by atoms with Crippen molar-refractivity contribution in [3.8, 4) is 0 Å². The van der Waals surface area contributed by atoms with E-state index >= 15 is 0 Å². The number of benzene rings is 3. The van der Waals surface area contributed by atoms with Gasteiger partial charge in [0, 0.05) is 0 Å². The molecule has 202 valence electrons. The highest BCUT2D eigenvalue weighted by atomic mass is 32.2. The molecule has 0 aliphatic carbocycles. The van der Waals surface area contributed by atoms with Crippen LogP contribution in [0.25, 0.3) is 0 Å². The summed E-state index contributed by atoms with van der Waals surface area (Å²) in [5.74, 6) is 0. The molecule has 0 aliphatic rings. The highest BCUT2D eigenvalue weighted by Gasteiger charge is 2.21. The molecule has 0 spiro atoms. The first kappa shape index (κ1) is 28.7. The zero-order valence-corrected chi connectivity index (χ0v) is 23.0. The lowest BCUT2D eigenvalue weighted by Crippen LogP contribution is -2.41. The molecule has 0 fully saturated rings. The lowest BCUT2D eigenvalue weighted by Gasteiger charge is -2.19. The van der Waals surface area contributed by atoms with Crippen LogP contribution < -0.4 is 20.1 Å². The van der Waals surface area contributed by atoms with Crippen molar-refractivity contribution in [2.24, 2.45) is 0 Å². The van der Waals surface area contributed by atoms with E-state index in [-0.39, 0.29) is 9.79 Å². The predicted molar refractivity (Wildman–Crippen MR) is 143 cm³/mol. The van der Waals surface area contributed by atoms with Gasteiger partial charge in [-0.1, -0.05) is 59.7 Å². The SMILES string of the molecule is Cc1ccc(S(=O)(=O)NC(=O)NC(C)c2cccc(C(C)NC(=O)NS(=O)(=O)c3ccc(C)cc3)c2)cc1. The number of nitrogens with one attached hydrogen (secondary N) is 4. The third kappa shape index (κ3) is 7.56. The minimum absolute atomic E-state index is 0.0320. The van der Waals surface area contributed by atoms with Crippen LogP contribution in [-0.2, 0) is 20.0 Å². The summed E-state index contributed by atoms with van der Waals surface area (Å²) in [5, 5.41) is 5.17. The second-order valence-electron chi connectivity index (χ2n) is 8.90. The molecule has 10 nitrogen and oxygen atoms in total. The number of hydrogen-bond donors (Lipinski definition) is 4. The Hall–Kier alpha value is -3.90. The van der Waals surface area contributed by atoms with Gasteiger partial charge in [0.05, 0.1) is 21.9 Å². The van der Waals surface area contributed by atoms with Crippen molar-refractivity contribution >= 4 is 32.1 Å². The van der Waals surface area contributed by atoms with E-state index in [1.54, 1.807) is 62.4 Å². The van der Waals surface area contributed by atoms with Crippen LogP contribution in [0.1, 0.15) is 48.2 Å². The molecule has 0 radical (unpaired) electrons. The van der Waals surface area contributed by atoms with Crippen LogP contribution in [0.2, 0.25) is 0 Å². The number of carbonyl (C=O) groups is 2. The summed E-state index contributed by atoms with van der Waals surface area (Å²) in [6, 6.07) is 16.1. The Labute approximate surface area is 223 Å². The van der Waals surface area contributed by atoms with Crippen molar-refractivity contribution in [3.63, 3.8) is 0 Å². The Bertz CT molecular complexity index is 1410. The average Bonchev–Trinajstić information content (AvgIpc) is 2.83. The maximum Gasteiger partial charge on any atom is 0.329 e. The van der Waals surface area contributed by atoms with E-state index in [9.17, 15) is 26.4 Å². The minimum atomic E-state index is -4.04. The van der Waals surface area contributed by atoms with E-state index in [2.05, 4.69) is 10.6 Å². The molecule has 12 heteroatoms. The van der Waals surface area contributed by atoms with Crippen molar-refractivity contribution in [2.45, 2.75) is 49.6 Å². The van der Waals surface area contributed by atoms with Gasteiger partial charge in [-0.05, 0) is 63.1 Å². The molecule has 0 bridgehead atoms. The maximum absolute atomic E-state index is 12.5. The average molecular weight is 559 g/mol. The van der Waals surface area contributed by atoms with Crippen molar-refractivity contribution in [2.75, 3.05) is 0 Å². The van der Waals surface area contributed by atoms with Crippen molar-refractivity contribution in [3.05, 3.63) is 95.1 Å². The van der Waals surface area contributed by atoms with E-state index in [1.165, 1.54) is 24.3 Å². The number of aryl methyl sites for hydroxylation is 2. The van der Waals surface area contributed by atoms with Gasteiger partial charge in [-0.15, -0.1) is 0 Å². The lowest BCUT2D eigenvalue weighted by atomic mass is 10.0. The summed E-state index contributed by atoms with van der Waals surface area (Å²) < 4.78 is 53.8. The number of sulfonamides is 2. The molecule has 3 rings (SSSR count). The lowest BCUT2D eigenvalue weighted by molar-refractivity contribution is 0.242. The summed E-state index contributed by atoms with van der Waals surface area (Å²) in [6.07, 6.45) is 0. The number of rotatable bonds is 8. The van der Waals surface area contributed by atoms with Gasteiger partial charge in [0.2, 0.25) is 0 Å². The number of hydrogen-bond acceptors (Lipinski definition) is 6. The standard InChI is InChI=1S/C26H30N4O6S2/c1-17-8-12-23(13-9-17)37(33,34)29-25(31)27-19(3)21-6-5-7-22(16-21)20(4)28-26(32)30-38(35,36)24-14-10-18(2)11-15-24/h5-16,19-20H,1-4H3,(H2,27,29,31)(H2,28,30,32). The number of urea groups is 2. The Balaban J connectivity index is 1.61. The molecule has 0 aliphatic heterocycles. The highest BCUT2D eigenvalue weighted by Crippen LogP contribution is 2.19. The van der Waals surface area contributed by atoms with Crippen LogP contribution in [0.15, 0.2) is 82.6 Å². The zero-order valence-electron chi connectivity index (χ0n) is 21.3. The van der Waals surface area contributed by atoms with Crippen LogP contribution in [0.3, 0.4) is 0 Å². The van der Waals surface area contributed by atoms with Crippen molar-refractivity contribution in [1.29, 1.82) is 0 Å². The second kappa shape index (κ2) is 11.7. The van der Waals surface area contributed by atoms with E-state index in [1.807, 2.05) is 23.3 Å². The first-order chi connectivity index (χ1) is 17.8. The van der Waals surface area contributed by atoms with Crippen LogP contribution in [0.4, 0.5) is 9.59 Å². The first-order valence-electron chi connectivity index (χ1n) is 11.7. The number of amides is 4. The van der Waals surface area contributed by atoms with E-state index in [4.69, 9.17) is 0 Å². The van der Waals surface area contributed by atoms with Crippen molar-refractivity contribution < 1.29 is 26.4 Å². The van der Waals surface area contributed by atoms with Crippen LogP contribution in [0.5, 0.6) is 0 Å². The fourth-order valence-corrected chi connectivity index (χ4v) is 5.34. The molecule has 0 heterocycles. The molecule has 0 aromatic heterocycles. The Kier molecular flexibility index (Phi) is 8.79. The van der Waals surface area contributed by atoms with Gasteiger partial charge < -0.3 is 10.6 Å². The third-order valence-electron chi connectivity index (χ3n) is 5.72. The Morgan fingerprint density at radius 2 is 0.947 bits per heavy atom. The molecular weight excluding hydrogens is 528 g/mol. The fourth-order valence-electron chi connectivity index (χ4n) is 3.51. The quantitative estimate of drug-likeness (QED) is 0.330.